The van der Waals surface area contributed by atoms with E-state index in [9.17, 15) is 0 Å². The van der Waals surface area contributed by atoms with Gasteiger partial charge in [0.25, 0.3) is 0 Å². The molecule has 1 aromatic carbocycles. The molecule has 0 amide bonds. The van der Waals surface area contributed by atoms with Crippen LogP contribution < -0.4 is 10.2 Å². The highest BCUT2D eigenvalue weighted by Crippen LogP contribution is 2.27. The van der Waals surface area contributed by atoms with Crippen molar-refractivity contribution in [3.63, 3.8) is 0 Å². The molecular weight excluding hydrogens is 350 g/mol. The molecule has 7 heteroatoms. The first-order valence-electron chi connectivity index (χ1n) is 6.69. The molecule has 0 bridgehead atoms. The lowest BCUT2D eigenvalue weighted by molar-refractivity contribution is 0.852. The quantitative estimate of drug-likeness (QED) is 0.840. The van der Waals surface area contributed by atoms with Gasteiger partial charge >= 0.3 is 0 Å². The zero-order chi connectivity index (χ0) is 15.2. The van der Waals surface area contributed by atoms with Crippen LogP contribution in [0.25, 0.3) is 0 Å². The van der Waals surface area contributed by atoms with E-state index in [0.717, 1.165) is 22.3 Å². The van der Waals surface area contributed by atoms with Crippen molar-refractivity contribution < 1.29 is 0 Å². The smallest absolute Gasteiger partial charge is 0.230 e. The third kappa shape index (κ3) is 4.86. The maximum atomic E-state index is 4.47. The van der Waals surface area contributed by atoms with Gasteiger partial charge in [-0.1, -0.05) is 22.9 Å². The van der Waals surface area contributed by atoms with E-state index >= 15 is 0 Å². The summed E-state index contributed by atoms with van der Waals surface area (Å²) in [5, 5.41) is 3.90. The van der Waals surface area contributed by atoms with Gasteiger partial charge in [0.15, 0.2) is 5.16 Å². The Bertz CT molecular complexity index is 588. The summed E-state index contributed by atoms with van der Waals surface area (Å²) in [7, 11) is 3.85. The largest absolute Gasteiger partial charge is 0.354 e. The third-order valence-corrected chi connectivity index (χ3v) is 3.96. The average molecular weight is 368 g/mol. The van der Waals surface area contributed by atoms with E-state index in [2.05, 4.69) is 43.1 Å². The zero-order valence-electron chi connectivity index (χ0n) is 12.3. The molecule has 1 aromatic heterocycles. The van der Waals surface area contributed by atoms with Gasteiger partial charge < -0.3 is 10.2 Å². The maximum Gasteiger partial charge on any atom is 0.230 e. The van der Waals surface area contributed by atoms with Crippen LogP contribution in [0, 0.1) is 0 Å². The van der Waals surface area contributed by atoms with Gasteiger partial charge in [-0.3, -0.25) is 0 Å². The molecule has 0 aliphatic rings. The molecule has 2 aromatic rings. The van der Waals surface area contributed by atoms with Crippen LogP contribution in [0.4, 0.5) is 11.9 Å². The number of benzene rings is 1. The molecule has 0 aliphatic heterocycles. The van der Waals surface area contributed by atoms with E-state index in [1.54, 1.807) is 0 Å². The molecule has 0 unspecified atom stereocenters. The van der Waals surface area contributed by atoms with Crippen molar-refractivity contribution in [2.45, 2.75) is 23.4 Å². The van der Waals surface area contributed by atoms with Crippen molar-refractivity contribution >= 4 is 39.6 Å². The fourth-order valence-corrected chi connectivity index (χ4v) is 2.52. The van der Waals surface area contributed by atoms with E-state index in [1.807, 2.05) is 43.3 Å². The summed E-state index contributed by atoms with van der Waals surface area (Å²) < 4.78 is 1.06. The second kappa shape index (κ2) is 7.61. The Morgan fingerprint density at radius 2 is 1.86 bits per heavy atom. The first-order valence-corrected chi connectivity index (χ1v) is 8.30. The van der Waals surface area contributed by atoms with Crippen LogP contribution in [0.2, 0.25) is 0 Å². The molecule has 5 nitrogen and oxygen atoms in total. The predicted octanol–water partition coefficient (Wildman–Crippen LogP) is 3.67. The lowest BCUT2D eigenvalue weighted by Gasteiger charge is -2.13. The van der Waals surface area contributed by atoms with Gasteiger partial charge in [-0.2, -0.15) is 15.0 Å². The summed E-state index contributed by atoms with van der Waals surface area (Å²) in [6, 6.07) is 8.08. The number of nitrogens with one attached hydrogen (secondary N) is 1. The Kier molecular flexibility index (Phi) is 5.81. The van der Waals surface area contributed by atoms with Gasteiger partial charge in [-0.25, -0.2) is 0 Å². The Labute approximate surface area is 137 Å². The Morgan fingerprint density at radius 1 is 1.14 bits per heavy atom. The summed E-state index contributed by atoms with van der Waals surface area (Å²) in [5.74, 6) is 1.28. The molecule has 112 valence electrons. The molecule has 0 saturated heterocycles. The number of halogens is 1. The van der Waals surface area contributed by atoms with Crippen LogP contribution in [0.1, 0.15) is 13.3 Å². The number of rotatable bonds is 6. The van der Waals surface area contributed by atoms with Gasteiger partial charge in [-0.05, 0) is 42.4 Å². The van der Waals surface area contributed by atoms with Gasteiger partial charge in [0.1, 0.15) is 0 Å². The molecule has 0 saturated carbocycles. The fourth-order valence-electron chi connectivity index (χ4n) is 1.52. The van der Waals surface area contributed by atoms with Gasteiger partial charge in [0.2, 0.25) is 11.9 Å². The summed E-state index contributed by atoms with van der Waals surface area (Å²) in [5.41, 5.74) is 0. The summed E-state index contributed by atoms with van der Waals surface area (Å²) in [4.78, 5) is 16.3. The van der Waals surface area contributed by atoms with Crippen LogP contribution in [-0.2, 0) is 0 Å². The molecule has 1 N–H and O–H groups in total. The highest BCUT2D eigenvalue weighted by Gasteiger charge is 2.09. The minimum atomic E-state index is 0.621. The topological polar surface area (TPSA) is 53.9 Å². The lowest BCUT2D eigenvalue weighted by atomic mass is 10.4. The van der Waals surface area contributed by atoms with Crippen LogP contribution in [0.3, 0.4) is 0 Å². The highest BCUT2D eigenvalue weighted by molar-refractivity contribution is 9.10. The first-order chi connectivity index (χ1) is 10.1. The van der Waals surface area contributed by atoms with Crippen molar-refractivity contribution in [2.24, 2.45) is 0 Å². The highest BCUT2D eigenvalue weighted by atomic mass is 79.9. The number of anilines is 2. The SMILES string of the molecule is CCCNc1nc(Sc2ccc(Br)cc2)nc(N(C)C)n1. The third-order valence-electron chi connectivity index (χ3n) is 2.56. The molecule has 21 heavy (non-hydrogen) atoms. The van der Waals surface area contributed by atoms with Crippen LogP contribution in [0.15, 0.2) is 38.8 Å². The van der Waals surface area contributed by atoms with E-state index in [1.165, 1.54) is 11.8 Å². The minimum absolute atomic E-state index is 0.621. The molecule has 1 heterocycles. The molecule has 0 fully saturated rings. The summed E-state index contributed by atoms with van der Waals surface area (Å²) >= 11 is 4.96. The fraction of sp³-hybridized carbons (Fsp3) is 0.357. The minimum Gasteiger partial charge on any atom is -0.354 e. The van der Waals surface area contributed by atoms with E-state index < -0.39 is 0 Å². The summed E-state index contributed by atoms with van der Waals surface area (Å²) in [6.45, 7) is 2.96. The Hall–Kier alpha value is -1.34. The molecule has 2 rings (SSSR count). The lowest BCUT2D eigenvalue weighted by Crippen LogP contribution is -2.16. The van der Waals surface area contributed by atoms with E-state index in [-0.39, 0.29) is 0 Å². The van der Waals surface area contributed by atoms with Crippen molar-refractivity contribution in [3.05, 3.63) is 28.7 Å². The molecule has 0 aliphatic carbocycles. The standard InChI is InChI=1S/C14H18BrN5S/c1-4-9-16-12-17-13(20(2)3)19-14(18-12)21-11-7-5-10(15)6-8-11/h5-8H,4,9H2,1-3H3,(H,16,17,18,19). The van der Waals surface area contributed by atoms with Gasteiger partial charge in [0.05, 0.1) is 0 Å². The maximum absolute atomic E-state index is 4.47. The van der Waals surface area contributed by atoms with Crippen molar-refractivity contribution in [3.8, 4) is 0 Å². The molecule has 0 spiro atoms. The van der Waals surface area contributed by atoms with Crippen molar-refractivity contribution in [1.29, 1.82) is 0 Å². The number of hydrogen-bond acceptors (Lipinski definition) is 6. The van der Waals surface area contributed by atoms with Crippen LogP contribution >= 0.6 is 27.7 Å². The number of hydrogen-bond donors (Lipinski definition) is 1. The van der Waals surface area contributed by atoms with Crippen LogP contribution in [-0.4, -0.2) is 35.6 Å². The molecular formula is C14H18BrN5S. The van der Waals surface area contributed by atoms with Crippen LogP contribution in [0.5, 0.6) is 0 Å². The average Bonchev–Trinajstić information content (AvgIpc) is 2.47. The van der Waals surface area contributed by atoms with E-state index in [0.29, 0.717) is 17.1 Å². The van der Waals surface area contributed by atoms with Crippen molar-refractivity contribution in [2.75, 3.05) is 30.9 Å². The number of aromatic nitrogens is 3. The molecule has 0 radical (unpaired) electrons. The normalized spacial score (nSPS) is 10.5. The van der Waals surface area contributed by atoms with E-state index in [4.69, 9.17) is 0 Å². The Morgan fingerprint density at radius 3 is 2.48 bits per heavy atom. The predicted molar refractivity (Wildman–Crippen MR) is 91.2 cm³/mol. The molecule has 0 atom stereocenters. The second-order valence-electron chi connectivity index (χ2n) is 4.62. The summed E-state index contributed by atoms with van der Waals surface area (Å²) in [6.07, 6.45) is 1.03. The first kappa shape index (κ1) is 16.0. The monoisotopic (exact) mass is 367 g/mol. The zero-order valence-corrected chi connectivity index (χ0v) is 14.7. The second-order valence-corrected chi connectivity index (χ2v) is 6.58. The van der Waals surface area contributed by atoms with Gasteiger partial charge in [0, 0.05) is 30.0 Å². The van der Waals surface area contributed by atoms with Crippen molar-refractivity contribution in [1.82, 2.24) is 15.0 Å². The number of nitrogens with zero attached hydrogens (tertiary/aromatic N) is 4. The Balaban J connectivity index is 2.24. The van der Waals surface area contributed by atoms with Gasteiger partial charge in [-0.15, -0.1) is 0 Å².